The highest BCUT2D eigenvalue weighted by Gasteiger charge is 2.14. The second-order valence-electron chi connectivity index (χ2n) is 4.29. The van der Waals surface area contributed by atoms with Crippen LogP contribution in [0.1, 0.15) is 5.56 Å². The zero-order valence-corrected chi connectivity index (χ0v) is 11.2. The van der Waals surface area contributed by atoms with Crippen LogP contribution in [-0.2, 0) is 11.2 Å². The maximum Gasteiger partial charge on any atom is 0.231 e. The van der Waals surface area contributed by atoms with E-state index in [1.54, 1.807) is 19.1 Å². The predicted molar refractivity (Wildman–Crippen MR) is 76.6 cm³/mol. The van der Waals surface area contributed by atoms with Gasteiger partial charge >= 0.3 is 0 Å². The van der Waals surface area contributed by atoms with Crippen molar-refractivity contribution in [2.45, 2.75) is 6.42 Å². The molecule has 98 valence electrons. The molecule has 0 N–H and O–H groups in total. The summed E-state index contributed by atoms with van der Waals surface area (Å²) in [4.78, 5) is 13.9. The van der Waals surface area contributed by atoms with Crippen LogP contribution in [0, 0.1) is 0 Å². The van der Waals surface area contributed by atoms with Gasteiger partial charge in [-0.1, -0.05) is 42.5 Å². The molecule has 2 aromatic rings. The Kier molecular flexibility index (Phi) is 4.18. The van der Waals surface area contributed by atoms with Crippen LogP contribution < -0.4 is 9.64 Å². The van der Waals surface area contributed by atoms with Gasteiger partial charge in [0, 0.05) is 7.05 Å². The molecule has 0 heterocycles. The molecule has 0 spiro atoms. The summed E-state index contributed by atoms with van der Waals surface area (Å²) in [7, 11) is 3.37. The first-order valence-electron chi connectivity index (χ1n) is 6.16. The number of nitrogens with zero attached hydrogens (tertiary/aromatic N) is 1. The van der Waals surface area contributed by atoms with Crippen LogP contribution >= 0.6 is 0 Å². The second kappa shape index (κ2) is 6.05. The maximum atomic E-state index is 12.3. The van der Waals surface area contributed by atoms with Crippen molar-refractivity contribution in [1.29, 1.82) is 0 Å². The van der Waals surface area contributed by atoms with E-state index in [0.717, 1.165) is 11.3 Å². The SMILES string of the molecule is COc1ccccc1N(C)C(=O)Cc1ccccc1. The summed E-state index contributed by atoms with van der Waals surface area (Å²) < 4.78 is 5.27. The van der Waals surface area contributed by atoms with E-state index in [9.17, 15) is 4.79 Å². The lowest BCUT2D eigenvalue weighted by Gasteiger charge is -2.19. The number of hydrogen-bond acceptors (Lipinski definition) is 2. The second-order valence-corrected chi connectivity index (χ2v) is 4.29. The number of ether oxygens (including phenoxy) is 1. The summed E-state index contributed by atoms with van der Waals surface area (Å²) in [6.07, 6.45) is 0.384. The molecule has 2 rings (SSSR count). The van der Waals surface area contributed by atoms with Crippen molar-refractivity contribution in [1.82, 2.24) is 0 Å². The summed E-state index contributed by atoms with van der Waals surface area (Å²) in [5.74, 6) is 0.738. The summed E-state index contributed by atoms with van der Waals surface area (Å²) in [6.45, 7) is 0. The van der Waals surface area contributed by atoms with Crippen LogP contribution in [0.2, 0.25) is 0 Å². The Labute approximate surface area is 113 Å². The summed E-state index contributed by atoms with van der Waals surface area (Å²) in [6, 6.07) is 17.2. The third-order valence-electron chi connectivity index (χ3n) is 3.02. The molecule has 0 saturated carbocycles. The summed E-state index contributed by atoms with van der Waals surface area (Å²) in [5.41, 5.74) is 1.79. The van der Waals surface area contributed by atoms with Gasteiger partial charge in [0.2, 0.25) is 5.91 Å². The Morgan fingerprint density at radius 2 is 1.68 bits per heavy atom. The number of amides is 1. The Bertz CT molecular complexity index is 552. The lowest BCUT2D eigenvalue weighted by molar-refractivity contribution is -0.117. The van der Waals surface area contributed by atoms with Crippen molar-refractivity contribution in [2.24, 2.45) is 0 Å². The Morgan fingerprint density at radius 3 is 2.37 bits per heavy atom. The van der Waals surface area contributed by atoms with Gasteiger partial charge in [0.25, 0.3) is 0 Å². The Hall–Kier alpha value is -2.29. The fourth-order valence-electron chi connectivity index (χ4n) is 1.93. The minimum atomic E-state index is 0.0377. The molecule has 0 unspecified atom stereocenters. The first kappa shape index (κ1) is 13.1. The van der Waals surface area contributed by atoms with Gasteiger partial charge in [-0.15, -0.1) is 0 Å². The van der Waals surface area contributed by atoms with Crippen LogP contribution in [0.15, 0.2) is 54.6 Å². The molecule has 0 aliphatic carbocycles. The average Bonchev–Trinajstić information content (AvgIpc) is 2.47. The van der Waals surface area contributed by atoms with E-state index in [2.05, 4.69) is 0 Å². The molecule has 0 fully saturated rings. The first-order valence-corrected chi connectivity index (χ1v) is 6.16. The number of carbonyl (C=O) groups excluding carboxylic acids is 1. The van der Waals surface area contributed by atoms with Crippen molar-refractivity contribution >= 4 is 11.6 Å². The van der Waals surface area contributed by atoms with E-state index in [0.29, 0.717) is 12.2 Å². The molecular weight excluding hydrogens is 238 g/mol. The molecule has 3 nitrogen and oxygen atoms in total. The van der Waals surface area contributed by atoms with E-state index in [4.69, 9.17) is 4.74 Å². The number of benzene rings is 2. The molecule has 0 aromatic heterocycles. The number of methoxy groups -OCH3 is 1. The monoisotopic (exact) mass is 255 g/mol. The number of para-hydroxylation sites is 2. The highest BCUT2D eigenvalue weighted by molar-refractivity contribution is 5.95. The van der Waals surface area contributed by atoms with E-state index >= 15 is 0 Å². The smallest absolute Gasteiger partial charge is 0.231 e. The lowest BCUT2D eigenvalue weighted by atomic mass is 10.1. The largest absolute Gasteiger partial charge is 0.495 e. The van der Waals surface area contributed by atoms with Gasteiger partial charge < -0.3 is 9.64 Å². The minimum absolute atomic E-state index is 0.0377. The standard InChI is InChI=1S/C16H17NO2/c1-17(14-10-6-7-11-15(14)19-2)16(18)12-13-8-4-3-5-9-13/h3-11H,12H2,1-2H3. The highest BCUT2D eigenvalue weighted by Crippen LogP contribution is 2.26. The van der Waals surface area contributed by atoms with Crippen molar-refractivity contribution < 1.29 is 9.53 Å². The van der Waals surface area contributed by atoms with Crippen LogP contribution in [0.4, 0.5) is 5.69 Å². The number of rotatable bonds is 4. The normalized spacial score (nSPS) is 10.0. The number of anilines is 1. The van der Waals surface area contributed by atoms with Crippen molar-refractivity contribution in [2.75, 3.05) is 19.1 Å². The van der Waals surface area contributed by atoms with Crippen LogP contribution in [0.5, 0.6) is 5.75 Å². The first-order chi connectivity index (χ1) is 9.22. The lowest BCUT2D eigenvalue weighted by Crippen LogP contribution is -2.28. The van der Waals surface area contributed by atoms with E-state index in [1.807, 2.05) is 54.6 Å². The molecule has 0 saturated heterocycles. The quantitative estimate of drug-likeness (QED) is 0.840. The molecule has 0 radical (unpaired) electrons. The summed E-state index contributed by atoms with van der Waals surface area (Å²) >= 11 is 0. The molecule has 0 aliphatic heterocycles. The zero-order chi connectivity index (χ0) is 13.7. The molecule has 0 atom stereocenters. The van der Waals surface area contributed by atoms with Gasteiger partial charge in [-0.25, -0.2) is 0 Å². The molecule has 2 aromatic carbocycles. The average molecular weight is 255 g/mol. The van der Waals surface area contributed by atoms with Crippen molar-refractivity contribution in [3.05, 3.63) is 60.2 Å². The zero-order valence-electron chi connectivity index (χ0n) is 11.2. The third kappa shape index (κ3) is 3.13. The Morgan fingerprint density at radius 1 is 1.05 bits per heavy atom. The fourth-order valence-corrected chi connectivity index (χ4v) is 1.93. The third-order valence-corrected chi connectivity index (χ3v) is 3.02. The van der Waals surface area contributed by atoms with Gasteiger partial charge in [-0.3, -0.25) is 4.79 Å². The van der Waals surface area contributed by atoms with Crippen molar-refractivity contribution in [3.8, 4) is 5.75 Å². The topological polar surface area (TPSA) is 29.5 Å². The van der Waals surface area contributed by atoms with Crippen LogP contribution in [0.25, 0.3) is 0 Å². The molecule has 19 heavy (non-hydrogen) atoms. The molecule has 0 aliphatic rings. The van der Waals surface area contributed by atoms with Gasteiger partial charge in [-0.2, -0.15) is 0 Å². The molecule has 0 bridgehead atoms. The van der Waals surface area contributed by atoms with Gasteiger partial charge in [-0.05, 0) is 17.7 Å². The van der Waals surface area contributed by atoms with Crippen LogP contribution in [-0.4, -0.2) is 20.1 Å². The van der Waals surface area contributed by atoms with Gasteiger partial charge in [0.05, 0.1) is 19.2 Å². The fraction of sp³-hybridized carbons (Fsp3) is 0.188. The van der Waals surface area contributed by atoms with E-state index < -0.39 is 0 Å². The molecule has 1 amide bonds. The van der Waals surface area contributed by atoms with Gasteiger partial charge in [0.15, 0.2) is 0 Å². The van der Waals surface area contributed by atoms with E-state index in [-0.39, 0.29) is 5.91 Å². The maximum absolute atomic E-state index is 12.3. The molecular formula is C16H17NO2. The number of hydrogen-bond donors (Lipinski definition) is 0. The predicted octanol–water partition coefficient (Wildman–Crippen LogP) is 2.90. The van der Waals surface area contributed by atoms with E-state index in [1.165, 1.54) is 0 Å². The van der Waals surface area contributed by atoms with Gasteiger partial charge in [0.1, 0.15) is 5.75 Å². The number of carbonyl (C=O) groups is 1. The van der Waals surface area contributed by atoms with Crippen molar-refractivity contribution in [3.63, 3.8) is 0 Å². The number of likely N-dealkylation sites (N-methyl/N-ethyl adjacent to an activating group) is 1. The van der Waals surface area contributed by atoms with Crippen LogP contribution in [0.3, 0.4) is 0 Å². The minimum Gasteiger partial charge on any atom is -0.495 e. The Balaban J connectivity index is 2.15. The molecule has 3 heteroatoms. The summed E-state index contributed by atoms with van der Waals surface area (Å²) in [5, 5.41) is 0. The highest BCUT2D eigenvalue weighted by atomic mass is 16.5.